The zero-order valence-electron chi connectivity index (χ0n) is 17.9. The number of hydrogen-bond acceptors (Lipinski definition) is 6. The van der Waals surface area contributed by atoms with Gasteiger partial charge >= 0.3 is 0 Å². The summed E-state index contributed by atoms with van der Waals surface area (Å²) in [7, 11) is 0. The first kappa shape index (κ1) is 23.6. The lowest BCUT2D eigenvalue weighted by molar-refractivity contribution is -0.384. The molecule has 0 aliphatic rings. The average molecular weight is 542 g/mol. The van der Waals surface area contributed by atoms with Crippen LogP contribution in [-0.2, 0) is 13.0 Å². The number of aryl methyl sites for hydroxylation is 1. The summed E-state index contributed by atoms with van der Waals surface area (Å²) in [5.74, 6) is 0.817. The molecular formula is C24H18BrClN4O4. The highest BCUT2D eigenvalue weighted by Gasteiger charge is 2.13. The van der Waals surface area contributed by atoms with Crippen LogP contribution in [0.2, 0.25) is 5.02 Å². The highest BCUT2D eigenvalue weighted by atomic mass is 79.9. The molecule has 1 aromatic heterocycles. The zero-order chi connectivity index (χ0) is 24.2. The second-order valence-electron chi connectivity index (χ2n) is 7.26. The first-order valence-electron chi connectivity index (χ1n) is 10.3. The minimum Gasteiger partial charge on any atom is -0.488 e. The molecule has 4 rings (SSSR count). The van der Waals surface area contributed by atoms with Gasteiger partial charge in [-0.2, -0.15) is 9.78 Å². The van der Waals surface area contributed by atoms with E-state index < -0.39 is 4.92 Å². The molecule has 0 fully saturated rings. The second kappa shape index (κ2) is 10.1. The Morgan fingerprint density at radius 2 is 2.00 bits per heavy atom. The number of hydrogen-bond donors (Lipinski definition) is 0. The summed E-state index contributed by atoms with van der Waals surface area (Å²) in [6, 6.07) is 16.7. The van der Waals surface area contributed by atoms with Gasteiger partial charge in [-0.15, -0.1) is 0 Å². The summed E-state index contributed by atoms with van der Waals surface area (Å²) >= 11 is 9.57. The summed E-state index contributed by atoms with van der Waals surface area (Å²) in [6.45, 7) is 2.02. The number of fused-ring (bicyclic) bond motifs is 1. The Bertz CT molecular complexity index is 1490. The number of ether oxygens (including phenoxy) is 1. The maximum Gasteiger partial charge on any atom is 0.282 e. The van der Waals surface area contributed by atoms with Crippen LogP contribution in [0.3, 0.4) is 0 Å². The highest BCUT2D eigenvalue weighted by molar-refractivity contribution is 9.10. The lowest BCUT2D eigenvalue weighted by atomic mass is 10.2. The topological polar surface area (TPSA) is 99.6 Å². The molecule has 0 spiro atoms. The Morgan fingerprint density at radius 1 is 1.21 bits per heavy atom. The van der Waals surface area contributed by atoms with E-state index in [4.69, 9.17) is 16.3 Å². The van der Waals surface area contributed by atoms with Gasteiger partial charge in [-0.05, 0) is 30.3 Å². The van der Waals surface area contributed by atoms with Crippen molar-refractivity contribution < 1.29 is 9.66 Å². The Hall–Kier alpha value is -3.56. The first-order valence-corrected chi connectivity index (χ1v) is 11.4. The van der Waals surface area contributed by atoms with Gasteiger partial charge in [0, 0.05) is 39.2 Å². The Morgan fingerprint density at radius 3 is 2.74 bits per heavy atom. The monoisotopic (exact) mass is 540 g/mol. The minimum atomic E-state index is -0.506. The standard InChI is InChI=1S/C24H18BrClN4O4/c1-2-23-28-21-9-7-17(25)12-19(21)24(31)29(23)27-13-16-11-18(30(32)33)8-10-22(16)34-14-15-5-3-4-6-20(15)26/h3-13H,2,14H2,1H3. The van der Waals surface area contributed by atoms with E-state index in [1.807, 2.05) is 31.2 Å². The third kappa shape index (κ3) is 5.00. The smallest absolute Gasteiger partial charge is 0.282 e. The normalized spacial score (nSPS) is 11.3. The molecule has 0 saturated carbocycles. The van der Waals surface area contributed by atoms with Crippen molar-refractivity contribution >= 4 is 50.3 Å². The van der Waals surface area contributed by atoms with Crippen molar-refractivity contribution in [2.45, 2.75) is 20.0 Å². The highest BCUT2D eigenvalue weighted by Crippen LogP contribution is 2.25. The summed E-state index contributed by atoms with van der Waals surface area (Å²) in [6.07, 6.45) is 1.82. The minimum absolute atomic E-state index is 0.129. The van der Waals surface area contributed by atoms with Crippen LogP contribution >= 0.6 is 27.5 Å². The van der Waals surface area contributed by atoms with Crippen LogP contribution in [0.5, 0.6) is 5.75 Å². The summed E-state index contributed by atoms with van der Waals surface area (Å²) in [5.41, 5.74) is 1.19. The molecule has 10 heteroatoms. The van der Waals surface area contributed by atoms with Crippen LogP contribution in [0, 0.1) is 10.1 Å². The van der Waals surface area contributed by atoms with Crippen molar-refractivity contribution in [3.8, 4) is 5.75 Å². The molecule has 0 unspecified atom stereocenters. The van der Waals surface area contributed by atoms with E-state index in [1.54, 1.807) is 18.2 Å². The second-order valence-corrected chi connectivity index (χ2v) is 8.59. The van der Waals surface area contributed by atoms with Crippen molar-refractivity contribution in [1.82, 2.24) is 9.66 Å². The molecule has 0 saturated heterocycles. The van der Waals surface area contributed by atoms with Gasteiger partial charge in [0.05, 0.1) is 22.0 Å². The van der Waals surface area contributed by atoms with Crippen molar-refractivity contribution in [2.75, 3.05) is 0 Å². The van der Waals surface area contributed by atoms with Gasteiger partial charge in [0.1, 0.15) is 18.2 Å². The van der Waals surface area contributed by atoms with Crippen molar-refractivity contribution in [2.24, 2.45) is 5.10 Å². The van der Waals surface area contributed by atoms with Crippen LogP contribution in [-0.4, -0.2) is 20.8 Å². The van der Waals surface area contributed by atoms with Gasteiger partial charge in [0.15, 0.2) is 0 Å². The molecule has 0 radical (unpaired) electrons. The van der Waals surface area contributed by atoms with Gasteiger partial charge in [-0.1, -0.05) is 52.7 Å². The quantitative estimate of drug-likeness (QED) is 0.169. The molecule has 0 bridgehead atoms. The maximum absolute atomic E-state index is 13.1. The lowest BCUT2D eigenvalue weighted by Gasteiger charge is -2.11. The number of rotatable bonds is 7. The number of nitrogens with zero attached hydrogens (tertiary/aromatic N) is 4. The Kier molecular flexibility index (Phi) is 7.04. The number of aromatic nitrogens is 2. The van der Waals surface area contributed by atoms with Gasteiger partial charge < -0.3 is 4.74 Å². The van der Waals surface area contributed by atoms with E-state index in [0.29, 0.717) is 39.5 Å². The van der Waals surface area contributed by atoms with E-state index in [2.05, 4.69) is 26.0 Å². The fourth-order valence-electron chi connectivity index (χ4n) is 3.32. The molecule has 1 heterocycles. The number of halogens is 2. The van der Waals surface area contributed by atoms with Crippen molar-refractivity contribution in [3.63, 3.8) is 0 Å². The number of nitro benzene ring substituents is 1. The molecule has 0 aliphatic carbocycles. The predicted octanol–water partition coefficient (Wildman–Crippen LogP) is 5.74. The number of nitro groups is 1. The van der Waals surface area contributed by atoms with Crippen LogP contribution < -0.4 is 10.3 Å². The third-order valence-corrected chi connectivity index (χ3v) is 5.91. The molecule has 0 N–H and O–H groups in total. The van der Waals surface area contributed by atoms with Crippen LogP contribution in [0.15, 0.2) is 75.0 Å². The summed E-state index contributed by atoms with van der Waals surface area (Å²) in [5, 5.41) is 16.6. The molecule has 0 amide bonds. The van der Waals surface area contributed by atoms with Crippen LogP contribution in [0.25, 0.3) is 10.9 Å². The van der Waals surface area contributed by atoms with Gasteiger partial charge in [-0.25, -0.2) is 4.98 Å². The Labute approximate surface area is 207 Å². The first-order chi connectivity index (χ1) is 16.4. The number of non-ortho nitro benzene ring substituents is 1. The summed E-state index contributed by atoms with van der Waals surface area (Å²) in [4.78, 5) is 28.5. The maximum atomic E-state index is 13.1. The number of benzene rings is 3. The van der Waals surface area contributed by atoms with Crippen molar-refractivity contribution in [1.29, 1.82) is 0 Å². The molecule has 8 nitrogen and oxygen atoms in total. The molecule has 4 aromatic rings. The van der Waals surface area contributed by atoms with E-state index >= 15 is 0 Å². The molecule has 0 atom stereocenters. The van der Waals surface area contributed by atoms with Crippen molar-refractivity contribution in [3.05, 3.63) is 108 Å². The zero-order valence-corrected chi connectivity index (χ0v) is 20.3. The van der Waals surface area contributed by atoms with Crippen LogP contribution in [0.4, 0.5) is 5.69 Å². The average Bonchev–Trinajstić information content (AvgIpc) is 2.83. The van der Waals surface area contributed by atoms with E-state index in [1.165, 1.54) is 29.1 Å². The summed E-state index contributed by atoms with van der Waals surface area (Å²) < 4.78 is 7.84. The third-order valence-electron chi connectivity index (χ3n) is 5.05. The van der Waals surface area contributed by atoms with Crippen LogP contribution in [0.1, 0.15) is 23.9 Å². The SMILES string of the molecule is CCc1nc2ccc(Br)cc2c(=O)n1N=Cc1cc([N+](=O)[O-])ccc1OCc1ccccc1Cl. The molecule has 0 aliphatic heterocycles. The van der Waals surface area contributed by atoms with E-state index in [9.17, 15) is 14.9 Å². The fraction of sp³-hybridized carbons (Fsp3) is 0.125. The lowest BCUT2D eigenvalue weighted by Crippen LogP contribution is -2.22. The molecule has 34 heavy (non-hydrogen) atoms. The molecule has 3 aromatic carbocycles. The molecule has 172 valence electrons. The van der Waals surface area contributed by atoms with E-state index in [-0.39, 0.29) is 17.9 Å². The predicted molar refractivity (Wildman–Crippen MR) is 135 cm³/mol. The van der Waals surface area contributed by atoms with Gasteiger partial charge in [0.2, 0.25) is 0 Å². The molecular weight excluding hydrogens is 524 g/mol. The largest absolute Gasteiger partial charge is 0.488 e. The van der Waals surface area contributed by atoms with Gasteiger partial charge in [-0.3, -0.25) is 14.9 Å². The fourth-order valence-corrected chi connectivity index (χ4v) is 3.87. The van der Waals surface area contributed by atoms with E-state index in [0.717, 1.165) is 10.0 Å². The van der Waals surface area contributed by atoms with Gasteiger partial charge in [0.25, 0.3) is 11.2 Å². The Balaban J connectivity index is 1.76.